The third kappa shape index (κ3) is 2.66. The van der Waals surface area contributed by atoms with Gasteiger partial charge in [-0.2, -0.15) is 0 Å². The molecule has 17 heavy (non-hydrogen) atoms. The molecular weight excluding hydrogens is 216 g/mol. The molecule has 1 aromatic rings. The number of anilines is 2. The highest BCUT2D eigenvalue weighted by Crippen LogP contribution is 2.26. The smallest absolute Gasteiger partial charge is 0.134 e. The van der Waals surface area contributed by atoms with Gasteiger partial charge in [-0.1, -0.05) is 13.3 Å². The number of nitrogens with zero attached hydrogens (tertiary/aromatic N) is 2. The Bertz CT molecular complexity index is 383. The SMILES string of the molecule is CCc1c(N)ncnc1NCC1CCCC1O. The third-order valence-corrected chi connectivity index (χ3v) is 3.48. The molecule has 4 N–H and O–H groups in total. The minimum atomic E-state index is -0.174. The van der Waals surface area contributed by atoms with Gasteiger partial charge in [0.25, 0.3) is 0 Å². The molecule has 2 unspecified atom stereocenters. The van der Waals surface area contributed by atoms with Crippen LogP contribution in [0.4, 0.5) is 11.6 Å². The highest BCUT2D eigenvalue weighted by molar-refractivity contribution is 5.54. The fourth-order valence-corrected chi connectivity index (χ4v) is 2.41. The Hall–Kier alpha value is -1.36. The van der Waals surface area contributed by atoms with E-state index in [0.29, 0.717) is 11.7 Å². The first-order valence-corrected chi connectivity index (χ1v) is 6.23. The Kier molecular flexibility index (Phi) is 3.78. The van der Waals surface area contributed by atoms with Crippen molar-refractivity contribution in [2.45, 2.75) is 38.7 Å². The molecule has 1 aromatic heterocycles. The molecule has 1 aliphatic rings. The lowest BCUT2D eigenvalue weighted by atomic mass is 10.1. The maximum atomic E-state index is 9.75. The molecular formula is C12H20N4O. The van der Waals surface area contributed by atoms with Gasteiger partial charge in [-0.15, -0.1) is 0 Å². The lowest BCUT2D eigenvalue weighted by Gasteiger charge is -2.17. The van der Waals surface area contributed by atoms with Crippen molar-refractivity contribution in [3.8, 4) is 0 Å². The van der Waals surface area contributed by atoms with Crippen molar-refractivity contribution >= 4 is 11.6 Å². The van der Waals surface area contributed by atoms with E-state index < -0.39 is 0 Å². The summed E-state index contributed by atoms with van der Waals surface area (Å²) in [6, 6.07) is 0. The van der Waals surface area contributed by atoms with Gasteiger partial charge in [-0.05, 0) is 19.3 Å². The second-order valence-corrected chi connectivity index (χ2v) is 4.58. The predicted octanol–water partition coefficient (Wildman–Crippen LogP) is 1.19. The zero-order valence-corrected chi connectivity index (χ0v) is 10.2. The molecule has 0 aromatic carbocycles. The normalized spacial score (nSPS) is 23.9. The number of hydrogen-bond donors (Lipinski definition) is 3. The van der Waals surface area contributed by atoms with Gasteiger partial charge in [0.05, 0.1) is 6.10 Å². The first kappa shape index (κ1) is 12.1. The van der Waals surface area contributed by atoms with Gasteiger partial charge in [-0.25, -0.2) is 9.97 Å². The Labute approximate surface area is 101 Å². The summed E-state index contributed by atoms with van der Waals surface area (Å²) in [6.45, 7) is 2.79. The fraction of sp³-hybridized carbons (Fsp3) is 0.667. The Morgan fingerprint density at radius 3 is 2.94 bits per heavy atom. The molecule has 5 nitrogen and oxygen atoms in total. The molecule has 2 atom stereocenters. The van der Waals surface area contributed by atoms with Gasteiger partial charge >= 0.3 is 0 Å². The topological polar surface area (TPSA) is 84.1 Å². The van der Waals surface area contributed by atoms with Gasteiger partial charge in [0.2, 0.25) is 0 Å². The summed E-state index contributed by atoms with van der Waals surface area (Å²) in [6.07, 6.45) is 5.21. The molecule has 0 radical (unpaired) electrons. The van der Waals surface area contributed by atoms with Crippen LogP contribution in [0.2, 0.25) is 0 Å². The number of aliphatic hydroxyl groups excluding tert-OH is 1. The highest BCUT2D eigenvalue weighted by Gasteiger charge is 2.25. The van der Waals surface area contributed by atoms with Crippen LogP contribution in [0.3, 0.4) is 0 Å². The number of aromatic nitrogens is 2. The summed E-state index contributed by atoms with van der Waals surface area (Å²) < 4.78 is 0. The molecule has 2 rings (SSSR count). The number of aliphatic hydroxyl groups is 1. The van der Waals surface area contributed by atoms with E-state index in [-0.39, 0.29) is 6.10 Å². The molecule has 0 spiro atoms. The first-order chi connectivity index (χ1) is 8.22. The quantitative estimate of drug-likeness (QED) is 0.731. The number of hydrogen-bond acceptors (Lipinski definition) is 5. The first-order valence-electron chi connectivity index (χ1n) is 6.23. The van der Waals surface area contributed by atoms with Gasteiger partial charge in [0.1, 0.15) is 18.0 Å². The van der Waals surface area contributed by atoms with E-state index in [0.717, 1.165) is 43.6 Å². The average molecular weight is 236 g/mol. The van der Waals surface area contributed by atoms with E-state index in [4.69, 9.17) is 5.73 Å². The van der Waals surface area contributed by atoms with Crippen LogP contribution in [0.15, 0.2) is 6.33 Å². The molecule has 94 valence electrons. The zero-order valence-electron chi connectivity index (χ0n) is 10.2. The second kappa shape index (κ2) is 5.31. The standard InChI is InChI=1S/C12H20N4O/c1-2-9-11(13)15-7-16-12(9)14-6-8-4-3-5-10(8)17/h7-8,10,17H,2-6H2,1H3,(H3,13,14,15,16). The van der Waals surface area contributed by atoms with Crippen molar-refractivity contribution in [1.82, 2.24) is 9.97 Å². The van der Waals surface area contributed by atoms with E-state index in [1.54, 1.807) is 0 Å². The summed E-state index contributed by atoms with van der Waals surface area (Å²) >= 11 is 0. The van der Waals surface area contributed by atoms with Gasteiger partial charge in [-0.3, -0.25) is 0 Å². The van der Waals surface area contributed by atoms with Crippen molar-refractivity contribution in [1.29, 1.82) is 0 Å². The molecule has 0 amide bonds. The van der Waals surface area contributed by atoms with Crippen LogP contribution in [0, 0.1) is 5.92 Å². The average Bonchev–Trinajstić information content (AvgIpc) is 2.72. The van der Waals surface area contributed by atoms with Crippen LogP contribution in [0.25, 0.3) is 0 Å². The number of rotatable bonds is 4. The number of nitrogens with two attached hydrogens (primary N) is 1. The number of nitrogen functional groups attached to an aromatic ring is 1. The van der Waals surface area contributed by atoms with Crippen LogP contribution in [0.5, 0.6) is 0 Å². The molecule has 1 aliphatic carbocycles. The van der Waals surface area contributed by atoms with Gasteiger partial charge in [0.15, 0.2) is 0 Å². The van der Waals surface area contributed by atoms with Crippen molar-refractivity contribution in [3.05, 3.63) is 11.9 Å². The van der Waals surface area contributed by atoms with Crippen LogP contribution in [-0.2, 0) is 6.42 Å². The maximum absolute atomic E-state index is 9.75. The van der Waals surface area contributed by atoms with E-state index in [1.807, 2.05) is 6.92 Å². The number of nitrogens with one attached hydrogen (secondary N) is 1. The van der Waals surface area contributed by atoms with Crippen LogP contribution >= 0.6 is 0 Å². The van der Waals surface area contributed by atoms with E-state index in [9.17, 15) is 5.11 Å². The van der Waals surface area contributed by atoms with Crippen molar-refractivity contribution < 1.29 is 5.11 Å². The van der Waals surface area contributed by atoms with E-state index in [1.165, 1.54) is 6.33 Å². The molecule has 0 saturated heterocycles. The van der Waals surface area contributed by atoms with Crippen molar-refractivity contribution in [2.24, 2.45) is 5.92 Å². The second-order valence-electron chi connectivity index (χ2n) is 4.58. The van der Waals surface area contributed by atoms with Crippen LogP contribution in [-0.4, -0.2) is 27.7 Å². The Morgan fingerprint density at radius 1 is 1.47 bits per heavy atom. The predicted molar refractivity (Wildman–Crippen MR) is 67.7 cm³/mol. The van der Waals surface area contributed by atoms with Crippen molar-refractivity contribution in [2.75, 3.05) is 17.6 Å². The monoisotopic (exact) mass is 236 g/mol. The summed E-state index contributed by atoms with van der Waals surface area (Å²) in [5, 5.41) is 13.0. The van der Waals surface area contributed by atoms with E-state index in [2.05, 4.69) is 15.3 Å². The minimum absolute atomic E-state index is 0.174. The van der Waals surface area contributed by atoms with Crippen LogP contribution < -0.4 is 11.1 Å². The Balaban J connectivity index is 2.01. The van der Waals surface area contributed by atoms with Crippen molar-refractivity contribution in [3.63, 3.8) is 0 Å². The fourth-order valence-electron chi connectivity index (χ4n) is 2.41. The molecule has 0 aliphatic heterocycles. The van der Waals surface area contributed by atoms with Gasteiger partial charge < -0.3 is 16.2 Å². The highest BCUT2D eigenvalue weighted by atomic mass is 16.3. The summed E-state index contributed by atoms with van der Waals surface area (Å²) in [7, 11) is 0. The molecule has 0 bridgehead atoms. The van der Waals surface area contributed by atoms with E-state index >= 15 is 0 Å². The lowest BCUT2D eigenvalue weighted by molar-refractivity contribution is 0.138. The molecule has 5 heteroatoms. The molecule has 1 fully saturated rings. The Morgan fingerprint density at radius 2 is 2.29 bits per heavy atom. The largest absolute Gasteiger partial charge is 0.393 e. The summed E-state index contributed by atoms with van der Waals surface area (Å²) in [5.41, 5.74) is 6.76. The minimum Gasteiger partial charge on any atom is -0.393 e. The van der Waals surface area contributed by atoms with Gasteiger partial charge in [0, 0.05) is 18.0 Å². The summed E-state index contributed by atoms with van der Waals surface area (Å²) in [4.78, 5) is 8.20. The summed E-state index contributed by atoms with van der Waals surface area (Å²) in [5.74, 6) is 1.67. The molecule has 1 heterocycles. The third-order valence-electron chi connectivity index (χ3n) is 3.48. The lowest BCUT2D eigenvalue weighted by Crippen LogP contribution is -2.23. The van der Waals surface area contributed by atoms with Crippen LogP contribution in [0.1, 0.15) is 31.7 Å². The molecule has 1 saturated carbocycles. The maximum Gasteiger partial charge on any atom is 0.134 e. The zero-order chi connectivity index (χ0) is 12.3.